The van der Waals surface area contributed by atoms with Gasteiger partial charge in [0.25, 0.3) is 0 Å². The van der Waals surface area contributed by atoms with Gasteiger partial charge in [0.2, 0.25) is 11.8 Å². The SMILES string of the molecule is CCCC(C)NC(=O)C(c1ccc(C)cc1C)N(CC)C(=O)C(NC(=O)OC(C)(C)C)C(C)CC. The Bertz CT molecular complexity index is 862. The number of ether oxygens (including phenoxy) is 1. The van der Waals surface area contributed by atoms with E-state index in [9.17, 15) is 14.4 Å². The Kier molecular flexibility index (Phi) is 11.7. The monoisotopic (exact) mass is 489 g/mol. The molecule has 0 radical (unpaired) electrons. The number of rotatable bonds is 11. The molecule has 2 N–H and O–H groups in total. The number of carbonyl (C=O) groups is 3. The highest BCUT2D eigenvalue weighted by Gasteiger charge is 2.38. The van der Waals surface area contributed by atoms with Crippen molar-refractivity contribution in [2.45, 2.75) is 112 Å². The van der Waals surface area contributed by atoms with Crippen molar-refractivity contribution in [3.8, 4) is 0 Å². The third-order valence-corrected chi connectivity index (χ3v) is 6.17. The summed E-state index contributed by atoms with van der Waals surface area (Å²) in [5.74, 6) is -0.657. The highest BCUT2D eigenvalue weighted by Crippen LogP contribution is 2.27. The maximum Gasteiger partial charge on any atom is 0.408 e. The lowest BCUT2D eigenvalue weighted by molar-refractivity contribution is -0.143. The topological polar surface area (TPSA) is 87.7 Å². The first-order valence-corrected chi connectivity index (χ1v) is 12.9. The van der Waals surface area contributed by atoms with Crippen LogP contribution in [-0.2, 0) is 14.3 Å². The van der Waals surface area contributed by atoms with Crippen molar-refractivity contribution in [1.82, 2.24) is 15.5 Å². The maximum atomic E-state index is 14.0. The second-order valence-corrected chi connectivity index (χ2v) is 10.6. The smallest absolute Gasteiger partial charge is 0.408 e. The zero-order valence-corrected chi connectivity index (χ0v) is 23.5. The van der Waals surface area contributed by atoms with Crippen LogP contribution in [0.5, 0.6) is 0 Å². The molecule has 0 aliphatic carbocycles. The molecular formula is C28H47N3O4. The molecule has 1 rings (SSSR count). The summed E-state index contributed by atoms with van der Waals surface area (Å²) in [5, 5.41) is 5.88. The molecule has 7 nitrogen and oxygen atoms in total. The number of hydrogen-bond donors (Lipinski definition) is 2. The summed E-state index contributed by atoms with van der Waals surface area (Å²) in [5.41, 5.74) is 2.13. The highest BCUT2D eigenvalue weighted by molar-refractivity contribution is 5.92. The third kappa shape index (κ3) is 9.19. The van der Waals surface area contributed by atoms with Crippen molar-refractivity contribution in [1.29, 1.82) is 0 Å². The van der Waals surface area contributed by atoms with E-state index < -0.39 is 23.8 Å². The van der Waals surface area contributed by atoms with Gasteiger partial charge in [-0.05, 0) is 71.9 Å². The van der Waals surface area contributed by atoms with Crippen LogP contribution in [0.2, 0.25) is 0 Å². The van der Waals surface area contributed by atoms with Crippen LogP contribution in [0.1, 0.15) is 97.4 Å². The lowest BCUT2D eigenvalue weighted by Crippen LogP contribution is -2.55. The fourth-order valence-electron chi connectivity index (χ4n) is 4.17. The van der Waals surface area contributed by atoms with Gasteiger partial charge in [0, 0.05) is 12.6 Å². The van der Waals surface area contributed by atoms with Crippen LogP contribution in [-0.4, -0.2) is 47.0 Å². The molecule has 0 spiro atoms. The number of amides is 3. The van der Waals surface area contributed by atoms with Gasteiger partial charge in [-0.1, -0.05) is 57.4 Å². The van der Waals surface area contributed by atoms with Crippen LogP contribution >= 0.6 is 0 Å². The van der Waals surface area contributed by atoms with Crippen molar-refractivity contribution in [2.24, 2.45) is 5.92 Å². The first-order valence-electron chi connectivity index (χ1n) is 12.9. The second kappa shape index (κ2) is 13.5. The lowest BCUT2D eigenvalue weighted by Gasteiger charge is -2.36. The molecule has 1 aromatic carbocycles. The third-order valence-electron chi connectivity index (χ3n) is 6.17. The molecule has 0 aromatic heterocycles. The Morgan fingerprint density at radius 2 is 1.66 bits per heavy atom. The summed E-state index contributed by atoms with van der Waals surface area (Å²) in [6, 6.07) is 4.27. The number of benzene rings is 1. The molecule has 0 aliphatic rings. The predicted molar refractivity (Wildman–Crippen MR) is 141 cm³/mol. The quantitative estimate of drug-likeness (QED) is 0.433. The van der Waals surface area contributed by atoms with E-state index in [-0.39, 0.29) is 23.8 Å². The molecule has 0 heterocycles. The Labute approximate surface area is 212 Å². The number of alkyl carbamates (subject to hydrolysis) is 1. The van der Waals surface area contributed by atoms with Crippen molar-refractivity contribution < 1.29 is 19.1 Å². The minimum absolute atomic E-state index is 0.0141. The minimum atomic E-state index is -0.816. The fraction of sp³-hybridized carbons (Fsp3) is 0.679. The Morgan fingerprint density at radius 1 is 1.03 bits per heavy atom. The van der Waals surface area contributed by atoms with Crippen LogP contribution in [0, 0.1) is 19.8 Å². The van der Waals surface area contributed by atoms with Gasteiger partial charge in [0.1, 0.15) is 17.7 Å². The fourth-order valence-corrected chi connectivity index (χ4v) is 4.17. The van der Waals surface area contributed by atoms with Gasteiger partial charge < -0.3 is 20.3 Å². The van der Waals surface area contributed by atoms with Gasteiger partial charge >= 0.3 is 6.09 Å². The van der Waals surface area contributed by atoms with E-state index in [4.69, 9.17) is 4.74 Å². The summed E-state index contributed by atoms with van der Waals surface area (Å²) in [7, 11) is 0. The zero-order valence-electron chi connectivity index (χ0n) is 23.5. The predicted octanol–water partition coefficient (Wildman–Crippen LogP) is 5.44. The second-order valence-electron chi connectivity index (χ2n) is 10.6. The minimum Gasteiger partial charge on any atom is -0.444 e. The van der Waals surface area contributed by atoms with Crippen LogP contribution in [0.25, 0.3) is 0 Å². The molecule has 0 fully saturated rings. The number of carbonyl (C=O) groups excluding carboxylic acids is 3. The summed E-state index contributed by atoms with van der Waals surface area (Å²) < 4.78 is 5.43. The van der Waals surface area contributed by atoms with Crippen LogP contribution < -0.4 is 10.6 Å². The number of nitrogens with zero attached hydrogens (tertiary/aromatic N) is 1. The Balaban J connectivity index is 3.45. The molecule has 0 saturated carbocycles. The first kappa shape index (κ1) is 30.5. The standard InChI is InChI=1S/C28H47N3O4/c1-11-14-21(7)29-25(32)24(22-16-15-18(4)17-20(22)6)31(13-3)26(33)23(19(5)12-2)30-27(34)35-28(8,9)10/h15-17,19,21,23-24H,11-14H2,1-10H3,(H,29,32)(H,30,34). The van der Waals surface area contributed by atoms with E-state index >= 15 is 0 Å². The molecule has 7 heteroatoms. The van der Waals surface area contributed by atoms with Crippen molar-refractivity contribution in [3.63, 3.8) is 0 Å². The molecule has 4 unspecified atom stereocenters. The van der Waals surface area contributed by atoms with Gasteiger partial charge in [0.05, 0.1) is 0 Å². The normalized spacial score (nSPS) is 14.9. The molecular weight excluding hydrogens is 442 g/mol. The molecule has 1 aromatic rings. The Morgan fingerprint density at radius 3 is 2.14 bits per heavy atom. The van der Waals surface area contributed by atoms with Crippen molar-refractivity contribution >= 4 is 17.9 Å². The van der Waals surface area contributed by atoms with E-state index in [1.54, 1.807) is 25.7 Å². The van der Waals surface area contributed by atoms with Gasteiger partial charge in [-0.15, -0.1) is 0 Å². The number of hydrogen-bond acceptors (Lipinski definition) is 4. The molecule has 35 heavy (non-hydrogen) atoms. The first-order chi connectivity index (χ1) is 16.2. The largest absolute Gasteiger partial charge is 0.444 e. The molecule has 0 aliphatic heterocycles. The van der Waals surface area contributed by atoms with E-state index in [0.717, 1.165) is 29.5 Å². The lowest BCUT2D eigenvalue weighted by atomic mass is 9.93. The van der Waals surface area contributed by atoms with E-state index in [0.29, 0.717) is 13.0 Å². The summed E-state index contributed by atoms with van der Waals surface area (Å²) in [4.78, 5) is 41.8. The maximum absolute atomic E-state index is 14.0. The summed E-state index contributed by atoms with van der Waals surface area (Å²) >= 11 is 0. The van der Waals surface area contributed by atoms with Gasteiger partial charge in [-0.2, -0.15) is 0 Å². The number of nitrogens with one attached hydrogen (secondary N) is 2. The van der Waals surface area contributed by atoms with Gasteiger partial charge in [-0.3, -0.25) is 9.59 Å². The highest BCUT2D eigenvalue weighted by atomic mass is 16.6. The van der Waals surface area contributed by atoms with E-state index in [1.807, 2.05) is 59.7 Å². The molecule has 3 amide bonds. The zero-order chi connectivity index (χ0) is 26.9. The van der Waals surface area contributed by atoms with Crippen LogP contribution in [0.3, 0.4) is 0 Å². The molecule has 0 saturated heterocycles. The van der Waals surface area contributed by atoms with E-state index in [1.165, 1.54) is 0 Å². The average molecular weight is 490 g/mol. The Hall–Kier alpha value is -2.57. The van der Waals surface area contributed by atoms with Gasteiger partial charge in [-0.25, -0.2) is 4.79 Å². The molecule has 0 bridgehead atoms. The summed E-state index contributed by atoms with van der Waals surface area (Å²) in [6.07, 6.45) is 1.83. The van der Waals surface area contributed by atoms with Crippen LogP contribution in [0.15, 0.2) is 18.2 Å². The van der Waals surface area contributed by atoms with E-state index in [2.05, 4.69) is 17.6 Å². The molecule has 198 valence electrons. The van der Waals surface area contributed by atoms with Crippen molar-refractivity contribution in [2.75, 3.05) is 6.54 Å². The number of likely N-dealkylation sites (N-methyl/N-ethyl adjacent to an activating group) is 1. The van der Waals surface area contributed by atoms with Crippen molar-refractivity contribution in [3.05, 3.63) is 34.9 Å². The summed E-state index contributed by atoms with van der Waals surface area (Å²) in [6.45, 7) is 19.4. The average Bonchev–Trinajstić information content (AvgIpc) is 2.74. The van der Waals surface area contributed by atoms with Crippen LogP contribution in [0.4, 0.5) is 4.79 Å². The number of aryl methyl sites for hydroxylation is 2. The van der Waals surface area contributed by atoms with Gasteiger partial charge in [0.15, 0.2) is 0 Å². The molecule has 4 atom stereocenters.